The molecule has 0 unspecified atom stereocenters. The van der Waals surface area contributed by atoms with Gasteiger partial charge in [-0.1, -0.05) is 41.1 Å². The molecule has 1 saturated heterocycles. The van der Waals surface area contributed by atoms with Crippen molar-refractivity contribution >= 4 is 23.5 Å². The number of hydrogen-bond acceptors (Lipinski definition) is 6. The average Bonchev–Trinajstić information content (AvgIpc) is 3.51. The highest BCUT2D eigenvalue weighted by Crippen LogP contribution is 2.31. The lowest BCUT2D eigenvalue weighted by Gasteiger charge is -2.23. The third kappa shape index (κ3) is 6.03. The first-order chi connectivity index (χ1) is 17.1. The lowest BCUT2D eigenvalue weighted by atomic mass is 10.1. The lowest BCUT2D eigenvalue weighted by Crippen LogP contribution is -2.42. The maximum absolute atomic E-state index is 13.2. The summed E-state index contributed by atoms with van der Waals surface area (Å²) in [6.07, 6.45) is -2.62. The van der Waals surface area contributed by atoms with Crippen LogP contribution in [0.15, 0.2) is 54.7 Å². The topological polar surface area (TPSA) is 89.4 Å². The van der Waals surface area contributed by atoms with Gasteiger partial charge in [0.15, 0.2) is 5.69 Å². The average molecular weight is 522 g/mol. The Labute approximate surface area is 210 Å². The summed E-state index contributed by atoms with van der Waals surface area (Å²) in [5.74, 6) is -0.940. The van der Waals surface area contributed by atoms with Crippen molar-refractivity contribution in [1.29, 1.82) is 0 Å². The summed E-state index contributed by atoms with van der Waals surface area (Å²) >= 11 is 5.98. The van der Waals surface area contributed by atoms with E-state index < -0.39 is 23.8 Å². The second kappa shape index (κ2) is 10.7. The van der Waals surface area contributed by atoms with Crippen LogP contribution in [0.3, 0.4) is 0 Å². The molecule has 0 radical (unpaired) electrons. The summed E-state index contributed by atoms with van der Waals surface area (Å²) in [7, 11) is 1.25. The number of alkyl halides is 3. The third-order valence-corrected chi connectivity index (χ3v) is 6.23. The standard InChI is InChI=1S/C24H23ClF3N5O3/c1-36-23(35)20-14-33(31-30-20)19-10-21(32(13-19)12-15-5-7-18(25)8-6-15)22(34)29-11-16-3-2-4-17(9-16)24(26,27)28/h2-9,14,19,21H,10-13H2,1H3,(H,29,34)/t19-,21-/m0/s1. The van der Waals surface area contributed by atoms with Gasteiger partial charge in [0.2, 0.25) is 5.91 Å². The molecule has 190 valence electrons. The normalized spacial score (nSPS) is 18.2. The SMILES string of the molecule is COC(=O)c1cn([C@H]2C[C@@H](C(=O)NCc3cccc(C(F)(F)F)c3)N(Cc3ccc(Cl)cc3)C2)nn1. The van der Waals surface area contributed by atoms with Gasteiger partial charge in [0.05, 0.1) is 31.0 Å². The van der Waals surface area contributed by atoms with Crippen molar-refractivity contribution in [2.24, 2.45) is 0 Å². The number of aromatic nitrogens is 3. The number of carbonyl (C=O) groups is 2. The van der Waals surface area contributed by atoms with E-state index in [9.17, 15) is 22.8 Å². The van der Waals surface area contributed by atoms with Crippen molar-refractivity contribution in [3.05, 3.63) is 82.1 Å². The van der Waals surface area contributed by atoms with Crippen LogP contribution in [0.1, 0.15) is 39.6 Å². The Balaban J connectivity index is 1.50. The minimum Gasteiger partial charge on any atom is -0.464 e. The van der Waals surface area contributed by atoms with Crippen LogP contribution in [0.4, 0.5) is 13.2 Å². The molecule has 2 atom stereocenters. The zero-order chi connectivity index (χ0) is 25.9. The quantitative estimate of drug-likeness (QED) is 0.475. The number of methoxy groups -OCH3 is 1. The molecule has 1 aliphatic heterocycles. The summed E-state index contributed by atoms with van der Waals surface area (Å²) in [6, 6.07) is 11.2. The number of nitrogens with zero attached hydrogens (tertiary/aromatic N) is 4. The summed E-state index contributed by atoms with van der Waals surface area (Å²) in [4.78, 5) is 26.9. The Hall–Kier alpha value is -3.44. The zero-order valence-corrected chi connectivity index (χ0v) is 20.0. The zero-order valence-electron chi connectivity index (χ0n) is 19.2. The molecule has 36 heavy (non-hydrogen) atoms. The Morgan fingerprint density at radius 3 is 2.61 bits per heavy atom. The molecule has 0 bridgehead atoms. The third-order valence-electron chi connectivity index (χ3n) is 5.98. The van der Waals surface area contributed by atoms with Gasteiger partial charge < -0.3 is 10.1 Å². The van der Waals surface area contributed by atoms with E-state index in [0.717, 1.165) is 17.7 Å². The summed E-state index contributed by atoms with van der Waals surface area (Å²) < 4.78 is 45.3. The molecule has 4 rings (SSSR count). The number of hydrogen-bond donors (Lipinski definition) is 1. The fourth-order valence-electron chi connectivity index (χ4n) is 4.16. The predicted molar refractivity (Wildman–Crippen MR) is 124 cm³/mol. The second-order valence-corrected chi connectivity index (χ2v) is 8.89. The minimum absolute atomic E-state index is 0.0471. The van der Waals surface area contributed by atoms with Crippen molar-refractivity contribution in [2.45, 2.75) is 37.8 Å². The Morgan fingerprint density at radius 2 is 1.92 bits per heavy atom. The first-order valence-electron chi connectivity index (χ1n) is 11.1. The van der Waals surface area contributed by atoms with Crippen LogP contribution in [0, 0.1) is 0 Å². The molecule has 2 aromatic carbocycles. The van der Waals surface area contributed by atoms with E-state index in [0.29, 0.717) is 30.1 Å². The van der Waals surface area contributed by atoms with Crippen LogP contribution in [-0.2, 0) is 28.8 Å². The van der Waals surface area contributed by atoms with E-state index in [1.54, 1.807) is 12.1 Å². The van der Waals surface area contributed by atoms with Crippen LogP contribution in [0.25, 0.3) is 0 Å². The van der Waals surface area contributed by atoms with E-state index in [2.05, 4.69) is 20.4 Å². The summed E-state index contributed by atoms with van der Waals surface area (Å²) in [6.45, 7) is 0.830. The van der Waals surface area contributed by atoms with E-state index in [1.165, 1.54) is 30.1 Å². The van der Waals surface area contributed by atoms with Crippen LogP contribution in [-0.4, -0.2) is 51.5 Å². The van der Waals surface area contributed by atoms with Gasteiger partial charge in [-0.3, -0.25) is 9.69 Å². The van der Waals surface area contributed by atoms with Gasteiger partial charge in [-0.15, -0.1) is 5.10 Å². The van der Waals surface area contributed by atoms with Crippen LogP contribution in [0.2, 0.25) is 5.02 Å². The highest BCUT2D eigenvalue weighted by molar-refractivity contribution is 6.30. The van der Waals surface area contributed by atoms with Crippen molar-refractivity contribution in [3.63, 3.8) is 0 Å². The first-order valence-corrected chi connectivity index (χ1v) is 11.4. The van der Waals surface area contributed by atoms with Gasteiger partial charge in [-0.05, 0) is 41.8 Å². The minimum atomic E-state index is -4.46. The molecule has 2 heterocycles. The van der Waals surface area contributed by atoms with Crippen molar-refractivity contribution in [3.8, 4) is 0 Å². The highest BCUT2D eigenvalue weighted by Gasteiger charge is 2.38. The summed E-state index contributed by atoms with van der Waals surface area (Å²) in [5, 5.41) is 11.2. The largest absolute Gasteiger partial charge is 0.464 e. The predicted octanol–water partition coefficient (Wildman–Crippen LogP) is 3.87. The summed E-state index contributed by atoms with van der Waals surface area (Å²) in [5.41, 5.74) is 0.562. The van der Waals surface area contributed by atoms with Gasteiger partial charge in [-0.2, -0.15) is 13.2 Å². The van der Waals surface area contributed by atoms with E-state index in [4.69, 9.17) is 11.6 Å². The molecule has 1 N–H and O–H groups in total. The van der Waals surface area contributed by atoms with Crippen LogP contribution < -0.4 is 5.32 Å². The number of esters is 1. The first kappa shape index (κ1) is 25.6. The molecule has 1 fully saturated rings. The number of amides is 1. The Kier molecular flexibility index (Phi) is 7.60. The van der Waals surface area contributed by atoms with E-state index in [1.807, 2.05) is 17.0 Å². The Bertz CT molecular complexity index is 1230. The van der Waals surface area contributed by atoms with Gasteiger partial charge in [-0.25, -0.2) is 9.48 Å². The lowest BCUT2D eigenvalue weighted by molar-refractivity contribution is -0.137. The molecule has 0 spiro atoms. The molecule has 0 saturated carbocycles. The van der Waals surface area contributed by atoms with Crippen molar-refractivity contribution in [1.82, 2.24) is 25.2 Å². The van der Waals surface area contributed by atoms with Crippen LogP contribution in [0.5, 0.6) is 0 Å². The number of rotatable bonds is 7. The maximum Gasteiger partial charge on any atom is 0.416 e. The van der Waals surface area contributed by atoms with E-state index >= 15 is 0 Å². The van der Waals surface area contributed by atoms with E-state index in [-0.39, 0.29) is 24.2 Å². The smallest absolute Gasteiger partial charge is 0.416 e. The highest BCUT2D eigenvalue weighted by atomic mass is 35.5. The number of ether oxygens (including phenoxy) is 1. The molecule has 1 aromatic heterocycles. The fraction of sp³-hybridized carbons (Fsp3) is 0.333. The molecule has 0 aliphatic carbocycles. The van der Waals surface area contributed by atoms with Gasteiger partial charge in [0.25, 0.3) is 0 Å². The maximum atomic E-state index is 13.2. The molecule has 8 nitrogen and oxygen atoms in total. The van der Waals surface area contributed by atoms with Crippen molar-refractivity contribution in [2.75, 3.05) is 13.7 Å². The number of carbonyl (C=O) groups excluding carboxylic acids is 2. The van der Waals surface area contributed by atoms with Gasteiger partial charge in [0, 0.05) is 24.7 Å². The number of likely N-dealkylation sites (tertiary alicyclic amines) is 1. The van der Waals surface area contributed by atoms with Crippen LogP contribution >= 0.6 is 11.6 Å². The van der Waals surface area contributed by atoms with Crippen molar-refractivity contribution < 1.29 is 27.5 Å². The molecule has 1 amide bonds. The van der Waals surface area contributed by atoms with Gasteiger partial charge >= 0.3 is 12.1 Å². The molecule has 3 aromatic rings. The molecule has 12 heteroatoms. The fourth-order valence-corrected chi connectivity index (χ4v) is 4.29. The number of benzene rings is 2. The monoisotopic (exact) mass is 521 g/mol. The molecular weight excluding hydrogens is 499 g/mol. The second-order valence-electron chi connectivity index (χ2n) is 8.45. The molecule has 1 aliphatic rings. The van der Waals surface area contributed by atoms with Gasteiger partial charge in [0.1, 0.15) is 0 Å². The number of halogens is 4. The number of nitrogens with one attached hydrogen (secondary N) is 1. The Morgan fingerprint density at radius 1 is 1.17 bits per heavy atom. The molecular formula is C24H23ClF3N5O3.